The van der Waals surface area contributed by atoms with E-state index in [4.69, 9.17) is 21.3 Å². The Morgan fingerprint density at radius 2 is 1.76 bits per heavy atom. The van der Waals surface area contributed by atoms with Gasteiger partial charge in [0.2, 0.25) is 0 Å². The second-order valence-corrected chi connectivity index (χ2v) is 7.12. The molecule has 1 amide bonds. The summed E-state index contributed by atoms with van der Waals surface area (Å²) < 4.78 is 5.35. The Balaban J connectivity index is 1.86. The molecule has 1 N–H and O–H groups in total. The van der Waals surface area contributed by atoms with Gasteiger partial charge in [-0.05, 0) is 48.9 Å². The minimum atomic E-state index is -0.251. The van der Waals surface area contributed by atoms with Gasteiger partial charge in [-0.2, -0.15) is 0 Å². The van der Waals surface area contributed by atoms with Gasteiger partial charge in [0.05, 0.1) is 29.6 Å². The average Bonchev–Trinajstić information content (AvgIpc) is 2.73. The summed E-state index contributed by atoms with van der Waals surface area (Å²) in [6.45, 7) is 2.03. The molecule has 4 rings (SSSR count). The lowest BCUT2D eigenvalue weighted by atomic mass is 10.0. The number of ether oxygens (including phenoxy) is 1. The van der Waals surface area contributed by atoms with Crippen LogP contribution in [0.5, 0.6) is 5.75 Å². The van der Waals surface area contributed by atoms with Crippen LogP contribution >= 0.6 is 11.6 Å². The molecule has 4 aromatic rings. The number of benzene rings is 3. The number of amides is 1. The molecule has 5 heteroatoms. The number of carbonyl (C=O) groups is 1. The van der Waals surface area contributed by atoms with E-state index in [0.29, 0.717) is 32.9 Å². The summed E-state index contributed by atoms with van der Waals surface area (Å²) in [4.78, 5) is 18.0. The largest absolute Gasteiger partial charge is 0.495 e. The number of aryl methyl sites for hydroxylation is 1. The molecule has 0 saturated heterocycles. The van der Waals surface area contributed by atoms with E-state index in [-0.39, 0.29) is 5.91 Å². The topological polar surface area (TPSA) is 51.2 Å². The van der Waals surface area contributed by atoms with E-state index in [1.165, 1.54) is 0 Å². The molecular weight excluding hydrogens is 384 g/mol. The number of carbonyl (C=O) groups excluding carboxylic acids is 1. The van der Waals surface area contributed by atoms with Crippen LogP contribution in [-0.4, -0.2) is 18.0 Å². The van der Waals surface area contributed by atoms with Gasteiger partial charge in [-0.1, -0.05) is 48.0 Å². The SMILES string of the molecule is COc1ccccc1NC(=O)c1cc(-c2ccccc2C)nc2ccc(Cl)cc12. The van der Waals surface area contributed by atoms with Crippen molar-refractivity contribution in [3.05, 3.63) is 88.9 Å². The van der Waals surface area contributed by atoms with Crippen molar-refractivity contribution in [2.75, 3.05) is 12.4 Å². The predicted octanol–water partition coefficient (Wildman–Crippen LogP) is 6.12. The molecule has 0 radical (unpaired) electrons. The maximum Gasteiger partial charge on any atom is 0.256 e. The zero-order valence-electron chi connectivity index (χ0n) is 16.1. The van der Waals surface area contributed by atoms with Crippen LogP contribution in [-0.2, 0) is 0 Å². The summed E-state index contributed by atoms with van der Waals surface area (Å²) in [7, 11) is 1.57. The van der Waals surface area contributed by atoms with Crippen LogP contribution in [0.3, 0.4) is 0 Å². The summed E-state index contributed by atoms with van der Waals surface area (Å²) in [5, 5.41) is 4.19. The first-order valence-corrected chi connectivity index (χ1v) is 9.55. The monoisotopic (exact) mass is 402 g/mol. The standard InChI is InChI=1S/C24H19ClN2O2/c1-15-7-3-4-8-17(15)22-14-19(18-13-16(25)11-12-20(18)26-22)24(28)27-21-9-5-6-10-23(21)29-2/h3-14H,1-2H3,(H,27,28). The lowest BCUT2D eigenvalue weighted by Crippen LogP contribution is -2.14. The van der Waals surface area contributed by atoms with Crippen molar-refractivity contribution in [2.45, 2.75) is 6.92 Å². The molecule has 0 bridgehead atoms. The second kappa shape index (κ2) is 7.94. The lowest BCUT2D eigenvalue weighted by molar-refractivity contribution is 0.102. The number of para-hydroxylation sites is 2. The van der Waals surface area contributed by atoms with Crippen molar-refractivity contribution in [2.24, 2.45) is 0 Å². The van der Waals surface area contributed by atoms with Crippen molar-refractivity contribution in [1.29, 1.82) is 0 Å². The van der Waals surface area contributed by atoms with Gasteiger partial charge in [0.1, 0.15) is 5.75 Å². The minimum Gasteiger partial charge on any atom is -0.495 e. The summed E-state index contributed by atoms with van der Waals surface area (Å²) in [5.74, 6) is 0.343. The third-order valence-corrected chi connectivity index (χ3v) is 5.03. The number of hydrogen-bond donors (Lipinski definition) is 1. The van der Waals surface area contributed by atoms with E-state index in [0.717, 1.165) is 16.8 Å². The highest BCUT2D eigenvalue weighted by molar-refractivity contribution is 6.31. The summed E-state index contributed by atoms with van der Waals surface area (Å²) >= 11 is 6.21. The zero-order chi connectivity index (χ0) is 20.4. The van der Waals surface area contributed by atoms with Crippen LogP contribution in [0, 0.1) is 6.92 Å². The van der Waals surface area contributed by atoms with Crippen molar-refractivity contribution in [3.8, 4) is 17.0 Å². The number of pyridine rings is 1. The fourth-order valence-electron chi connectivity index (χ4n) is 3.32. The van der Waals surface area contributed by atoms with E-state index in [1.54, 1.807) is 31.4 Å². The normalized spacial score (nSPS) is 10.7. The molecule has 29 heavy (non-hydrogen) atoms. The van der Waals surface area contributed by atoms with Crippen LogP contribution in [0.1, 0.15) is 15.9 Å². The Morgan fingerprint density at radius 3 is 2.55 bits per heavy atom. The van der Waals surface area contributed by atoms with Gasteiger partial charge in [0, 0.05) is 16.0 Å². The van der Waals surface area contributed by atoms with Gasteiger partial charge in [-0.25, -0.2) is 4.98 Å². The number of nitrogens with one attached hydrogen (secondary N) is 1. The van der Waals surface area contributed by atoms with Crippen LogP contribution in [0.4, 0.5) is 5.69 Å². The highest BCUT2D eigenvalue weighted by atomic mass is 35.5. The number of hydrogen-bond acceptors (Lipinski definition) is 3. The van der Waals surface area contributed by atoms with Crippen molar-refractivity contribution >= 4 is 34.1 Å². The van der Waals surface area contributed by atoms with Gasteiger partial charge in [0.25, 0.3) is 5.91 Å². The molecule has 1 aromatic heterocycles. The highest BCUT2D eigenvalue weighted by Crippen LogP contribution is 2.30. The molecule has 3 aromatic carbocycles. The second-order valence-electron chi connectivity index (χ2n) is 6.69. The number of nitrogens with zero attached hydrogens (tertiary/aromatic N) is 1. The van der Waals surface area contributed by atoms with Crippen LogP contribution in [0.25, 0.3) is 22.2 Å². The van der Waals surface area contributed by atoms with Crippen LogP contribution in [0.2, 0.25) is 5.02 Å². The third kappa shape index (κ3) is 3.80. The fraction of sp³-hybridized carbons (Fsp3) is 0.0833. The van der Waals surface area contributed by atoms with E-state index in [9.17, 15) is 4.79 Å². The fourth-order valence-corrected chi connectivity index (χ4v) is 3.49. The Bertz CT molecular complexity index is 1220. The van der Waals surface area contributed by atoms with Crippen molar-refractivity contribution < 1.29 is 9.53 Å². The molecule has 0 aliphatic rings. The number of fused-ring (bicyclic) bond motifs is 1. The molecule has 0 fully saturated rings. The van der Waals surface area contributed by atoms with E-state index in [2.05, 4.69) is 5.32 Å². The van der Waals surface area contributed by atoms with Gasteiger partial charge in [-0.15, -0.1) is 0 Å². The molecule has 0 unspecified atom stereocenters. The predicted molar refractivity (Wildman–Crippen MR) is 118 cm³/mol. The molecule has 0 aliphatic carbocycles. The molecule has 0 atom stereocenters. The van der Waals surface area contributed by atoms with Crippen molar-refractivity contribution in [3.63, 3.8) is 0 Å². The Kier molecular flexibility index (Phi) is 5.19. The molecule has 0 saturated carbocycles. The zero-order valence-corrected chi connectivity index (χ0v) is 16.8. The molecule has 0 aliphatic heterocycles. The van der Waals surface area contributed by atoms with Gasteiger partial charge < -0.3 is 10.1 Å². The van der Waals surface area contributed by atoms with Crippen LogP contribution < -0.4 is 10.1 Å². The minimum absolute atomic E-state index is 0.251. The van der Waals surface area contributed by atoms with E-state index in [1.807, 2.05) is 55.5 Å². The molecule has 4 nitrogen and oxygen atoms in total. The number of aromatic nitrogens is 1. The number of methoxy groups -OCH3 is 1. The number of halogens is 1. The summed E-state index contributed by atoms with van der Waals surface area (Å²) in [6.07, 6.45) is 0. The first-order chi connectivity index (χ1) is 14.1. The Hall–Kier alpha value is -3.37. The molecule has 0 spiro atoms. The van der Waals surface area contributed by atoms with E-state index >= 15 is 0 Å². The van der Waals surface area contributed by atoms with Gasteiger partial charge in [-0.3, -0.25) is 4.79 Å². The lowest BCUT2D eigenvalue weighted by Gasteiger charge is -2.13. The smallest absolute Gasteiger partial charge is 0.256 e. The summed E-state index contributed by atoms with van der Waals surface area (Å²) in [5.41, 5.74) is 4.62. The number of anilines is 1. The summed E-state index contributed by atoms with van der Waals surface area (Å²) in [6, 6.07) is 22.5. The Morgan fingerprint density at radius 1 is 1.00 bits per heavy atom. The van der Waals surface area contributed by atoms with Crippen LogP contribution in [0.15, 0.2) is 72.8 Å². The average molecular weight is 403 g/mol. The Labute approximate surface area is 174 Å². The van der Waals surface area contributed by atoms with Crippen molar-refractivity contribution in [1.82, 2.24) is 4.98 Å². The third-order valence-electron chi connectivity index (χ3n) is 4.79. The maximum absolute atomic E-state index is 13.2. The van der Waals surface area contributed by atoms with Gasteiger partial charge >= 0.3 is 0 Å². The molecule has 1 heterocycles. The molecule has 144 valence electrons. The maximum atomic E-state index is 13.2. The highest BCUT2D eigenvalue weighted by Gasteiger charge is 2.16. The first-order valence-electron chi connectivity index (χ1n) is 9.17. The van der Waals surface area contributed by atoms with E-state index < -0.39 is 0 Å². The quantitative estimate of drug-likeness (QED) is 0.447. The molecular formula is C24H19ClN2O2. The number of rotatable bonds is 4. The first kappa shape index (κ1) is 19.0. The van der Waals surface area contributed by atoms with Gasteiger partial charge in [0.15, 0.2) is 0 Å².